The number of allylic oxidation sites excluding steroid dienone is 3. The molecule has 0 nitrogen and oxygen atoms in total. The smallest absolute Gasteiger partial charge is 0.0291 e. The molecule has 0 fully saturated rings. The summed E-state index contributed by atoms with van der Waals surface area (Å²) in [6.45, 7) is 8.20. The summed E-state index contributed by atoms with van der Waals surface area (Å²) in [5, 5.41) is 0. The van der Waals surface area contributed by atoms with Crippen LogP contribution in [0.5, 0.6) is 0 Å². The summed E-state index contributed by atoms with van der Waals surface area (Å²) in [6, 6.07) is 0. The first-order chi connectivity index (χ1) is 5.77. The summed E-state index contributed by atoms with van der Waals surface area (Å²) in [6.07, 6.45) is 12.2. The van der Waals surface area contributed by atoms with Crippen molar-refractivity contribution >= 4 is 0 Å². The molecule has 0 N–H and O–H groups in total. The molecular formula is C12H22. The molecule has 0 heteroatoms. The van der Waals surface area contributed by atoms with Gasteiger partial charge in [-0.1, -0.05) is 37.5 Å². The Morgan fingerprint density at radius 2 is 1.83 bits per heavy atom. The van der Waals surface area contributed by atoms with Crippen molar-refractivity contribution in [2.24, 2.45) is 0 Å². The second-order valence-electron chi connectivity index (χ2n) is 3.46. The molecule has 0 heterocycles. The lowest BCUT2D eigenvalue weighted by atomic mass is 10.1. The minimum atomic E-state index is 1.14. The fourth-order valence-electron chi connectivity index (χ4n) is 1.08. The second-order valence-corrected chi connectivity index (χ2v) is 3.46. The van der Waals surface area contributed by atoms with Crippen LogP contribution in [0.1, 0.15) is 52.4 Å². The van der Waals surface area contributed by atoms with Crippen LogP contribution >= 0.6 is 0 Å². The zero-order chi connectivity index (χ0) is 9.23. The van der Waals surface area contributed by atoms with E-state index in [1.165, 1.54) is 37.7 Å². The Kier molecular flexibility index (Phi) is 8.20. The van der Waals surface area contributed by atoms with Gasteiger partial charge in [0.15, 0.2) is 0 Å². The summed E-state index contributed by atoms with van der Waals surface area (Å²) < 4.78 is 0. The van der Waals surface area contributed by atoms with Crippen molar-refractivity contribution in [3.63, 3.8) is 0 Å². The third kappa shape index (κ3) is 9.48. The molecule has 0 bridgehead atoms. The van der Waals surface area contributed by atoms with Crippen LogP contribution in [0.2, 0.25) is 0 Å². The lowest BCUT2D eigenvalue weighted by Crippen LogP contribution is -1.73. The predicted molar refractivity (Wildman–Crippen MR) is 57.3 cm³/mol. The van der Waals surface area contributed by atoms with E-state index in [1.807, 2.05) is 0 Å². The maximum absolute atomic E-state index is 3.87. The van der Waals surface area contributed by atoms with Crippen molar-refractivity contribution in [1.29, 1.82) is 0 Å². The molecule has 0 rings (SSSR count). The second kappa shape index (κ2) is 8.58. The highest BCUT2D eigenvalue weighted by molar-refractivity contribution is 4.92. The summed E-state index contributed by atoms with van der Waals surface area (Å²) in [4.78, 5) is 0. The molecule has 0 aromatic heterocycles. The molecule has 0 spiro atoms. The maximum atomic E-state index is 3.87. The number of rotatable bonds is 7. The van der Waals surface area contributed by atoms with E-state index in [9.17, 15) is 0 Å². The van der Waals surface area contributed by atoms with Crippen LogP contribution in [0.4, 0.5) is 0 Å². The van der Waals surface area contributed by atoms with Gasteiger partial charge in [-0.2, -0.15) is 0 Å². The van der Waals surface area contributed by atoms with Crippen LogP contribution < -0.4 is 0 Å². The van der Waals surface area contributed by atoms with Gasteiger partial charge in [0.05, 0.1) is 0 Å². The minimum absolute atomic E-state index is 1.14. The Hall–Kier alpha value is -0.520. The monoisotopic (exact) mass is 166 g/mol. The topological polar surface area (TPSA) is 0 Å². The molecule has 0 saturated heterocycles. The van der Waals surface area contributed by atoms with Crippen molar-refractivity contribution in [2.45, 2.75) is 52.4 Å². The number of hydrogen-bond donors (Lipinski definition) is 0. The van der Waals surface area contributed by atoms with Crippen molar-refractivity contribution in [3.8, 4) is 0 Å². The molecular weight excluding hydrogens is 144 g/mol. The van der Waals surface area contributed by atoms with Crippen molar-refractivity contribution in [3.05, 3.63) is 24.3 Å². The molecule has 0 atom stereocenters. The molecule has 0 radical (unpaired) electrons. The van der Waals surface area contributed by atoms with Crippen LogP contribution in [0.25, 0.3) is 0 Å². The van der Waals surface area contributed by atoms with E-state index in [0.717, 1.165) is 6.42 Å². The molecule has 0 aliphatic rings. The van der Waals surface area contributed by atoms with E-state index in [2.05, 4.69) is 32.6 Å². The Balaban J connectivity index is 3.09. The Morgan fingerprint density at radius 1 is 1.17 bits per heavy atom. The third-order valence-corrected chi connectivity index (χ3v) is 1.88. The van der Waals surface area contributed by atoms with Gasteiger partial charge in [-0.25, -0.2) is 0 Å². The summed E-state index contributed by atoms with van der Waals surface area (Å²) >= 11 is 0. The third-order valence-electron chi connectivity index (χ3n) is 1.88. The number of hydrogen-bond acceptors (Lipinski definition) is 0. The highest BCUT2D eigenvalue weighted by atomic mass is 13.9. The zero-order valence-electron chi connectivity index (χ0n) is 8.60. The normalized spacial score (nSPS) is 10.8. The van der Waals surface area contributed by atoms with Gasteiger partial charge in [-0.15, -0.1) is 6.58 Å². The fraction of sp³-hybridized carbons (Fsp3) is 0.667. The molecule has 0 saturated carbocycles. The molecule has 0 aromatic carbocycles. The molecule has 0 aliphatic heterocycles. The van der Waals surface area contributed by atoms with Crippen molar-refractivity contribution in [2.75, 3.05) is 0 Å². The van der Waals surface area contributed by atoms with Gasteiger partial charge in [-0.05, 0) is 32.6 Å². The van der Waals surface area contributed by atoms with E-state index >= 15 is 0 Å². The minimum Gasteiger partial charge on any atom is -0.100 e. The van der Waals surface area contributed by atoms with Gasteiger partial charge in [0.25, 0.3) is 0 Å². The SMILES string of the molecule is C=C(C)CCC=CCCCCC. The van der Waals surface area contributed by atoms with Crippen molar-refractivity contribution < 1.29 is 0 Å². The Bertz CT molecular complexity index is 131. The molecule has 0 unspecified atom stereocenters. The first-order valence-electron chi connectivity index (χ1n) is 5.06. The first-order valence-corrected chi connectivity index (χ1v) is 5.06. The predicted octanol–water partition coefficient (Wildman–Crippen LogP) is 4.48. The molecule has 0 aromatic rings. The standard InChI is InChI=1S/C12H22/c1-4-5-6-7-8-9-10-11-12(2)3/h8-9H,2,4-7,10-11H2,1,3H3. The molecule has 0 aliphatic carbocycles. The van der Waals surface area contributed by atoms with Gasteiger partial charge in [-0.3, -0.25) is 0 Å². The van der Waals surface area contributed by atoms with Crippen molar-refractivity contribution in [1.82, 2.24) is 0 Å². The van der Waals surface area contributed by atoms with Gasteiger partial charge in [0.1, 0.15) is 0 Å². The lowest BCUT2D eigenvalue weighted by Gasteiger charge is -1.93. The van der Waals surface area contributed by atoms with E-state index < -0.39 is 0 Å². The molecule has 0 amide bonds. The number of unbranched alkanes of at least 4 members (excludes halogenated alkanes) is 3. The fourth-order valence-corrected chi connectivity index (χ4v) is 1.08. The average Bonchev–Trinajstić information content (AvgIpc) is 2.02. The molecule has 12 heavy (non-hydrogen) atoms. The quantitative estimate of drug-likeness (QED) is 0.386. The highest BCUT2D eigenvalue weighted by Gasteiger charge is 1.83. The highest BCUT2D eigenvalue weighted by Crippen LogP contribution is 2.03. The van der Waals surface area contributed by atoms with E-state index in [4.69, 9.17) is 0 Å². The van der Waals surface area contributed by atoms with Crippen LogP contribution in [0, 0.1) is 0 Å². The largest absolute Gasteiger partial charge is 0.100 e. The van der Waals surface area contributed by atoms with Gasteiger partial charge in [0, 0.05) is 0 Å². The van der Waals surface area contributed by atoms with Gasteiger partial charge < -0.3 is 0 Å². The van der Waals surface area contributed by atoms with Gasteiger partial charge in [0.2, 0.25) is 0 Å². The molecule has 70 valence electrons. The van der Waals surface area contributed by atoms with Crippen LogP contribution in [0.15, 0.2) is 24.3 Å². The van der Waals surface area contributed by atoms with Crippen LogP contribution in [0.3, 0.4) is 0 Å². The van der Waals surface area contributed by atoms with E-state index in [0.29, 0.717) is 0 Å². The Morgan fingerprint density at radius 3 is 2.42 bits per heavy atom. The van der Waals surface area contributed by atoms with E-state index in [-0.39, 0.29) is 0 Å². The van der Waals surface area contributed by atoms with E-state index in [1.54, 1.807) is 0 Å². The van der Waals surface area contributed by atoms with Crippen LogP contribution in [-0.4, -0.2) is 0 Å². The van der Waals surface area contributed by atoms with Crippen LogP contribution in [-0.2, 0) is 0 Å². The average molecular weight is 166 g/mol. The summed E-state index contributed by atoms with van der Waals surface area (Å²) in [5.41, 5.74) is 1.29. The van der Waals surface area contributed by atoms with Gasteiger partial charge >= 0.3 is 0 Å². The summed E-state index contributed by atoms with van der Waals surface area (Å²) in [5.74, 6) is 0. The lowest BCUT2D eigenvalue weighted by molar-refractivity contribution is 0.728. The maximum Gasteiger partial charge on any atom is -0.0291 e. The Labute approximate surface area is 77.4 Å². The summed E-state index contributed by atoms with van der Waals surface area (Å²) in [7, 11) is 0. The zero-order valence-corrected chi connectivity index (χ0v) is 8.60. The first kappa shape index (κ1) is 11.5.